The maximum atomic E-state index is 12.0. The Hall–Kier alpha value is -2.04. The first kappa shape index (κ1) is 18.0. The van der Waals surface area contributed by atoms with E-state index in [1.54, 1.807) is 20.8 Å². The van der Waals surface area contributed by atoms with Crippen LogP contribution in [0, 0.1) is 0 Å². The standard InChI is InChI=1S/C15H23NO4/c1-8-12(13(17)19-7)10-11(3)16(9-2)14(18)20-15(4,5)6/h9-10H,2-3,8H2,1,4-7H3/b12-10+. The zero-order valence-corrected chi connectivity index (χ0v) is 12.9. The van der Waals surface area contributed by atoms with Gasteiger partial charge in [-0.2, -0.15) is 0 Å². The van der Waals surface area contributed by atoms with Crippen LogP contribution in [0.25, 0.3) is 0 Å². The summed E-state index contributed by atoms with van der Waals surface area (Å²) in [6, 6.07) is 0. The van der Waals surface area contributed by atoms with Crippen molar-refractivity contribution < 1.29 is 19.1 Å². The molecule has 5 heteroatoms. The summed E-state index contributed by atoms with van der Waals surface area (Å²) in [6.07, 6.45) is 2.63. The number of allylic oxidation sites excluding steroid dienone is 1. The molecule has 0 spiro atoms. The molecular formula is C15H23NO4. The lowest BCUT2D eigenvalue weighted by Crippen LogP contribution is -2.32. The smallest absolute Gasteiger partial charge is 0.418 e. The van der Waals surface area contributed by atoms with E-state index < -0.39 is 17.7 Å². The molecule has 0 unspecified atom stereocenters. The molecule has 0 heterocycles. The summed E-state index contributed by atoms with van der Waals surface area (Å²) >= 11 is 0. The highest BCUT2D eigenvalue weighted by molar-refractivity contribution is 5.89. The fourth-order valence-electron chi connectivity index (χ4n) is 1.33. The Bertz CT molecular complexity index is 430. The van der Waals surface area contributed by atoms with Crippen molar-refractivity contribution in [1.82, 2.24) is 4.90 Å². The van der Waals surface area contributed by atoms with Crippen molar-refractivity contribution in [2.24, 2.45) is 0 Å². The van der Waals surface area contributed by atoms with Gasteiger partial charge in [0.2, 0.25) is 0 Å². The number of hydrogen-bond donors (Lipinski definition) is 0. The average molecular weight is 281 g/mol. The number of ether oxygens (including phenoxy) is 2. The van der Waals surface area contributed by atoms with Crippen LogP contribution in [-0.4, -0.2) is 29.7 Å². The van der Waals surface area contributed by atoms with Crippen LogP contribution in [0.15, 0.2) is 36.7 Å². The first-order chi connectivity index (χ1) is 9.16. The number of carbonyl (C=O) groups is 2. The Morgan fingerprint density at radius 3 is 2.20 bits per heavy atom. The van der Waals surface area contributed by atoms with E-state index in [0.717, 1.165) is 4.90 Å². The highest BCUT2D eigenvalue weighted by atomic mass is 16.6. The molecule has 0 saturated carbocycles. The maximum Gasteiger partial charge on any atom is 0.418 e. The van der Waals surface area contributed by atoms with E-state index >= 15 is 0 Å². The highest BCUT2D eigenvalue weighted by Crippen LogP contribution is 2.16. The van der Waals surface area contributed by atoms with Crippen molar-refractivity contribution in [2.75, 3.05) is 7.11 Å². The summed E-state index contributed by atoms with van der Waals surface area (Å²) < 4.78 is 9.87. The van der Waals surface area contributed by atoms with Crippen LogP contribution in [0.4, 0.5) is 4.79 Å². The van der Waals surface area contributed by atoms with Crippen LogP contribution in [-0.2, 0) is 14.3 Å². The van der Waals surface area contributed by atoms with Crippen molar-refractivity contribution >= 4 is 12.1 Å². The van der Waals surface area contributed by atoms with E-state index in [9.17, 15) is 9.59 Å². The number of rotatable bonds is 5. The van der Waals surface area contributed by atoms with Gasteiger partial charge in [0.25, 0.3) is 0 Å². The van der Waals surface area contributed by atoms with Gasteiger partial charge in [0.05, 0.1) is 7.11 Å². The molecule has 0 rings (SSSR count). The summed E-state index contributed by atoms with van der Waals surface area (Å²) in [5.41, 5.74) is 0.0718. The molecule has 5 nitrogen and oxygen atoms in total. The van der Waals surface area contributed by atoms with Gasteiger partial charge >= 0.3 is 12.1 Å². The van der Waals surface area contributed by atoms with Crippen molar-refractivity contribution in [3.05, 3.63) is 36.7 Å². The number of esters is 1. The third-order valence-corrected chi connectivity index (χ3v) is 2.25. The van der Waals surface area contributed by atoms with Crippen molar-refractivity contribution in [3.63, 3.8) is 0 Å². The fraction of sp³-hybridized carbons (Fsp3) is 0.467. The van der Waals surface area contributed by atoms with E-state index in [1.807, 2.05) is 6.92 Å². The molecule has 0 aliphatic heterocycles. The van der Waals surface area contributed by atoms with E-state index in [0.29, 0.717) is 12.0 Å². The van der Waals surface area contributed by atoms with Gasteiger partial charge < -0.3 is 9.47 Å². The third kappa shape index (κ3) is 5.73. The van der Waals surface area contributed by atoms with Crippen LogP contribution in [0.2, 0.25) is 0 Å². The summed E-state index contributed by atoms with van der Waals surface area (Å²) in [4.78, 5) is 24.6. The molecule has 0 fully saturated rings. The van der Waals surface area contributed by atoms with E-state index in [1.165, 1.54) is 19.4 Å². The van der Waals surface area contributed by atoms with E-state index in [2.05, 4.69) is 17.9 Å². The lowest BCUT2D eigenvalue weighted by molar-refractivity contribution is -0.136. The van der Waals surface area contributed by atoms with Crippen molar-refractivity contribution in [2.45, 2.75) is 39.7 Å². The molecule has 0 aromatic rings. The molecule has 0 aromatic heterocycles. The summed E-state index contributed by atoms with van der Waals surface area (Å²) in [6.45, 7) is 14.4. The molecular weight excluding hydrogens is 258 g/mol. The minimum Gasteiger partial charge on any atom is -0.466 e. The molecule has 112 valence electrons. The number of carbonyl (C=O) groups excluding carboxylic acids is 2. The average Bonchev–Trinajstić information content (AvgIpc) is 2.33. The lowest BCUT2D eigenvalue weighted by atomic mass is 10.1. The first-order valence-electron chi connectivity index (χ1n) is 6.28. The van der Waals surface area contributed by atoms with Crippen LogP contribution in [0.3, 0.4) is 0 Å². The number of amides is 1. The molecule has 0 saturated heterocycles. The monoisotopic (exact) mass is 281 g/mol. The van der Waals surface area contributed by atoms with Gasteiger partial charge in [0.15, 0.2) is 0 Å². The van der Waals surface area contributed by atoms with Gasteiger partial charge in [0, 0.05) is 17.5 Å². The zero-order valence-electron chi connectivity index (χ0n) is 12.9. The minimum absolute atomic E-state index is 0.288. The Morgan fingerprint density at radius 1 is 1.30 bits per heavy atom. The summed E-state index contributed by atoms with van der Waals surface area (Å²) in [5, 5.41) is 0. The molecule has 0 N–H and O–H groups in total. The van der Waals surface area contributed by atoms with Gasteiger partial charge in [-0.1, -0.05) is 20.1 Å². The predicted molar refractivity (Wildman–Crippen MR) is 77.8 cm³/mol. The van der Waals surface area contributed by atoms with Crippen molar-refractivity contribution in [3.8, 4) is 0 Å². The summed E-state index contributed by atoms with van der Waals surface area (Å²) in [7, 11) is 1.30. The Kier molecular flexibility index (Phi) is 6.76. The molecule has 0 aromatic carbocycles. The quantitative estimate of drug-likeness (QED) is 0.440. The second-order valence-electron chi connectivity index (χ2n) is 5.04. The topological polar surface area (TPSA) is 55.8 Å². The van der Waals surface area contributed by atoms with Crippen LogP contribution in [0.1, 0.15) is 34.1 Å². The van der Waals surface area contributed by atoms with Gasteiger partial charge in [-0.15, -0.1) is 0 Å². The van der Waals surface area contributed by atoms with Gasteiger partial charge in [-0.25, -0.2) is 9.59 Å². The number of nitrogens with zero attached hydrogens (tertiary/aromatic N) is 1. The van der Waals surface area contributed by atoms with Crippen LogP contribution >= 0.6 is 0 Å². The zero-order chi connectivity index (χ0) is 15.9. The van der Waals surface area contributed by atoms with Crippen LogP contribution < -0.4 is 0 Å². The Morgan fingerprint density at radius 2 is 1.85 bits per heavy atom. The van der Waals surface area contributed by atoms with Crippen LogP contribution in [0.5, 0.6) is 0 Å². The second kappa shape index (κ2) is 7.53. The Labute approximate surface area is 120 Å². The molecule has 0 aliphatic carbocycles. The van der Waals surface area contributed by atoms with Gasteiger partial charge in [-0.3, -0.25) is 4.90 Å². The lowest BCUT2D eigenvalue weighted by Gasteiger charge is -2.25. The molecule has 0 aliphatic rings. The van der Waals surface area contributed by atoms with E-state index in [-0.39, 0.29) is 5.70 Å². The maximum absolute atomic E-state index is 12.0. The molecule has 0 atom stereocenters. The number of hydrogen-bond acceptors (Lipinski definition) is 4. The second-order valence-corrected chi connectivity index (χ2v) is 5.04. The minimum atomic E-state index is -0.627. The fourth-order valence-corrected chi connectivity index (χ4v) is 1.33. The number of methoxy groups -OCH3 is 1. The molecule has 1 amide bonds. The third-order valence-electron chi connectivity index (χ3n) is 2.25. The van der Waals surface area contributed by atoms with Gasteiger partial charge in [-0.05, 0) is 33.3 Å². The molecule has 0 radical (unpaired) electrons. The SMILES string of the molecule is C=CN(C(=C)/C=C(\CC)C(=O)OC)C(=O)OC(C)(C)C. The van der Waals surface area contributed by atoms with E-state index in [4.69, 9.17) is 4.74 Å². The Balaban J connectivity index is 5.13. The van der Waals surface area contributed by atoms with Gasteiger partial charge in [0.1, 0.15) is 5.60 Å². The highest BCUT2D eigenvalue weighted by Gasteiger charge is 2.22. The summed E-state index contributed by atoms with van der Waals surface area (Å²) in [5.74, 6) is -0.457. The predicted octanol–water partition coefficient (Wildman–Crippen LogP) is 3.39. The molecule has 20 heavy (non-hydrogen) atoms. The normalized spacial score (nSPS) is 11.6. The van der Waals surface area contributed by atoms with Crippen molar-refractivity contribution in [1.29, 1.82) is 0 Å². The largest absolute Gasteiger partial charge is 0.466 e. The molecule has 0 bridgehead atoms. The first-order valence-corrected chi connectivity index (χ1v) is 6.28.